The van der Waals surface area contributed by atoms with E-state index in [2.05, 4.69) is 15.7 Å². The number of nitriles is 1. The lowest BCUT2D eigenvalue weighted by molar-refractivity contribution is 0.610. The number of hydrogen-bond acceptors (Lipinski definition) is 6. The molecule has 2 aromatic carbocycles. The monoisotopic (exact) mass is 526 g/mol. The maximum Gasteiger partial charge on any atom is 0.150 e. The van der Waals surface area contributed by atoms with Gasteiger partial charge >= 0.3 is 0 Å². The SMILES string of the molecule is C1CCCNCC1.CNc1cc(-c2ccc(C#N)c(F)c2)n(-c2ccc(N3CCS(=O)CC3)cc2F)n1. The Morgan fingerprint density at radius 2 is 1.73 bits per heavy atom. The zero-order valence-electron chi connectivity index (χ0n) is 21.0. The molecule has 0 unspecified atom stereocenters. The second kappa shape index (κ2) is 12.8. The van der Waals surface area contributed by atoms with Gasteiger partial charge in [-0.15, -0.1) is 5.10 Å². The topological polar surface area (TPSA) is 86.0 Å². The van der Waals surface area contributed by atoms with Crippen molar-refractivity contribution in [3.05, 3.63) is 59.7 Å². The van der Waals surface area contributed by atoms with Gasteiger partial charge < -0.3 is 15.5 Å². The summed E-state index contributed by atoms with van der Waals surface area (Å²) in [6, 6.07) is 12.6. The quantitative estimate of drug-likeness (QED) is 0.523. The van der Waals surface area contributed by atoms with Crippen molar-refractivity contribution >= 4 is 22.3 Å². The van der Waals surface area contributed by atoms with Crippen molar-refractivity contribution in [3.8, 4) is 23.0 Å². The van der Waals surface area contributed by atoms with Gasteiger partial charge in [0, 0.05) is 59.8 Å². The molecule has 2 fully saturated rings. The maximum absolute atomic E-state index is 15.1. The first kappa shape index (κ1) is 26.8. The minimum atomic E-state index is -0.809. The maximum atomic E-state index is 15.1. The number of halogens is 2. The lowest BCUT2D eigenvalue weighted by Gasteiger charge is -2.28. The summed E-state index contributed by atoms with van der Waals surface area (Å²) in [5, 5.41) is 19.6. The predicted octanol–water partition coefficient (Wildman–Crippen LogP) is 4.45. The van der Waals surface area contributed by atoms with E-state index in [9.17, 15) is 8.60 Å². The zero-order chi connectivity index (χ0) is 26.2. The van der Waals surface area contributed by atoms with Crippen LogP contribution < -0.4 is 15.5 Å². The van der Waals surface area contributed by atoms with Crippen molar-refractivity contribution < 1.29 is 13.0 Å². The third-order valence-corrected chi connectivity index (χ3v) is 7.79. The van der Waals surface area contributed by atoms with Crippen LogP contribution in [0.25, 0.3) is 16.9 Å². The molecule has 0 bridgehead atoms. The van der Waals surface area contributed by atoms with Gasteiger partial charge in [0.2, 0.25) is 0 Å². The minimum absolute atomic E-state index is 0.0587. The summed E-state index contributed by atoms with van der Waals surface area (Å²) in [6.45, 7) is 3.74. The molecule has 5 rings (SSSR count). The van der Waals surface area contributed by atoms with Crippen molar-refractivity contribution in [2.24, 2.45) is 0 Å². The summed E-state index contributed by atoms with van der Waals surface area (Å²) in [7, 11) is 0.882. The van der Waals surface area contributed by atoms with Crippen LogP contribution >= 0.6 is 0 Å². The highest BCUT2D eigenvalue weighted by Gasteiger charge is 2.19. The smallest absolute Gasteiger partial charge is 0.150 e. The van der Waals surface area contributed by atoms with Gasteiger partial charge in [0.1, 0.15) is 23.4 Å². The summed E-state index contributed by atoms with van der Waals surface area (Å²) in [5.74, 6) is 0.523. The molecule has 2 aliphatic heterocycles. The fourth-order valence-corrected chi connectivity index (χ4v) is 5.45. The summed E-state index contributed by atoms with van der Waals surface area (Å²) in [5.41, 5.74) is 1.85. The summed E-state index contributed by atoms with van der Waals surface area (Å²) < 4.78 is 42.2. The van der Waals surface area contributed by atoms with Gasteiger partial charge in [-0.25, -0.2) is 13.5 Å². The molecule has 7 nitrogen and oxygen atoms in total. The third kappa shape index (κ3) is 6.73. The highest BCUT2D eigenvalue weighted by Crippen LogP contribution is 2.30. The zero-order valence-corrected chi connectivity index (χ0v) is 21.8. The Bertz CT molecular complexity index is 1260. The van der Waals surface area contributed by atoms with E-state index in [1.807, 2.05) is 4.90 Å². The van der Waals surface area contributed by atoms with Crippen molar-refractivity contribution in [2.45, 2.75) is 25.7 Å². The minimum Gasteiger partial charge on any atom is -0.372 e. The number of benzene rings is 2. The van der Waals surface area contributed by atoms with E-state index in [4.69, 9.17) is 5.26 Å². The predicted molar refractivity (Wildman–Crippen MR) is 145 cm³/mol. The van der Waals surface area contributed by atoms with Crippen LogP contribution in [-0.4, -0.2) is 58.7 Å². The molecule has 0 saturated carbocycles. The van der Waals surface area contributed by atoms with E-state index in [1.54, 1.807) is 37.4 Å². The molecule has 2 saturated heterocycles. The van der Waals surface area contributed by atoms with Gasteiger partial charge in [-0.05, 0) is 56.3 Å². The second-order valence-corrected chi connectivity index (χ2v) is 10.7. The Kier molecular flexibility index (Phi) is 9.25. The normalized spacial score (nSPS) is 16.3. The summed E-state index contributed by atoms with van der Waals surface area (Å²) in [4.78, 5) is 2.01. The first-order valence-corrected chi connectivity index (χ1v) is 14.1. The molecule has 3 heterocycles. The number of aromatic nitrogens is 2. The molecule has 2 aliphatic rings. The van der Waals surface area contributed by atoms with Crippen LogP contribution in [0.4, 0.5) is 20.3 Å². The molecular formula is C27H32F2N6OS. The van der Waals surface area contributed by atoms with E-state index in [0.29, 0.717) is 41.7 Å². The highest BCUT2D eigenvalue weighted by molar-refractivity contribution is 7.85. The first-order chi connectivity index (χ1) is 18.0. The van der Waals surface area contributed by atoms with Crippen LogP contribution in [0.15, 0.2) is 42.5 Å². The van der Waals surface area contributed by atoms with Crippen LogP contribution in [0.3, 0.4) is 0 Å². The molecule has 1 aromatic heterocycles. The number of anilines is 2. The van der Waals surface area contributed by atoms with E-state index in [0.717, 1.165) is 5.69 Å². The van der Waals surface area contributed by atoms with Gasteiger partial charge in [-0.2, -0.15) is 5.26 Å². The number of nitrogens with zero attached hydrogens (tertiary/aromatic N) is 4. The molecule has 0 atom stereocenters. The molecule has 0 spiro atoms. The number of hydrogen-bond donors (Lipinski definition) is 2. The van der Waals surface area contributed by atoms with Crippen molar-refractivity contribution in [1.82, 2.24) is 15.1 Å². The molecule has 0 aliphatic carbocycles. The lowest BCUT2D eigenvalue weighted by Crippen LogP contribution is -2.37. The molecule has 0 amide bonds. The Labute approximate surface area is 218 Å². The van der Waals surface area contributed by atoms with Crippen molar-refractivity contribution in [3.63, 3.8) is 0 Å². The van der Waals surface area contributed by atoms with Gasteiger partial charge in [0.05, 0.1) is 11.3 Å². The molecule has 37 heavy (non-hydrogen) atoms. The molecule has 2 N–H and O–H groups in total. The fraction of sp³-hybridized carbons (Fsp3) is 0.407. The van der Waals surface area contributed by atoms with Gasteiger partial charge in [-0.1, -0.05) is 18.9 Å². The van der Waals surface area contributed by atoms with Gasteiger partial charge in [0.25, 0.3) is 0 Å². The summed E-state index contributed by atoms with van der Waals surface area (Å²) in [6.07, 6.45) is 5.65. The summed E-state index contributed by atoms with van der Waals surface area (Å²) >= 11 is 0. The Balaban J connectivity index is 0.000000396. The Morgan fingerprint density at radius 1 is 1.00 bits per heavy atom. The van der Waals surface area contributed by atoms with Crippen LogP contribution in [0.1, 0.15) is 31.2 Å². The first-order valence-electron chi connectivity index (χ1n) is 12.6. The standard InChI is InChI=1S/C21H19F2N5OS.C6H13N/c1-25-21-12-20(14-2-3-15(13-24)17(22)10-14)28(26-21)19-5-4-16(11-18(19)23)27-6-8-30(29)9-7-27;1-2-4-6-7-5-3-1/h2-5,10-12H,6-9H2,1H3,(H,25,26);7H,1-6H2. The Morgan fingerprint density at radius 3 is 2.35 bits per heavy atom. The Hall–Kier alpha value is -3.29. The number of nitrogens with one attached hydrogen (secondary N) is 2. The molecular weight excluding hydrogens is 494 g/mol. The molecule has 0 radical (unpaired) electrons. The molecule has 3 aromatic rings. The van der Waals surface area contributed by atoms with Crippen molar-refractivity contribution in [2.75, 3.05) is 54.9 Å². The molecule has 196 valence electrons. The lowest BCUT2D eigenvalue weighted by atomic mass is 10.1. The average molecular weight is 527 g/mol. The number of rotatable bonds is 4. The van der Waals surface area contributed by atoms with Gasteiger partial charge in [-0.3, -0.25) is 4.21 Å². The van der Waals surface area contributed by atoms with Crippen LogP contribution in [0.5, 0.6) is 0 Å². The fourth-order valence-electron chi connectivity index (χ4n) is 4.40. The highest BCUT2D eigenvalue weighted by atomic mass is 32.2. The third-order valence-electron chi connectivity index (χ3n) is 6.51. The second-order valence-electron chi connectivity index (χ2n) is 9.02. The van der Waals surface area contributed by atoms with Crippen LogP contribution in [0.2, 0.25) is 0 Å². The van der Waals surface area contributed by atoms with E-state index >= 15 is 4.39 Å². The average Bonchev–Trinajstić information content (AvgIpc) is 3.11. The molecule has 10 heteroatoms. The van der Waals surface area contributed by atoms with E-state index in [-0.39, 0.29) is 11.3 Å². The van der Waals surface area contributed by atoms with E-state index < -0.39 is 22.4 Å². The van der Waals surface area contributed by atoms with Gasteiger partial charge in [0.15, 0.2) is 5.82 Å². The largest absolute Gasteiger partial charge is 0.372 e. The van der Waals surface area contributed by atoms with Crippen LogP contribution in [0, 0.1) is 23.0 Å². The van der Waals surface area contributed by atoms with E-state index in [1.165, 1.54) is 61.7 Å². The van der Waals surface area contributed by atoms with Crippen molar-refractivity contribution in [1.29, 1.82) is 5.26 Å². The van der Waals surface area contributed by atoms with Crippen LogP contribution in [-0.2, 0) is 10.8 Å².